The number of pyridine rings is 1. The van der Waals surface area contributed by atoms with E-state index in [4.69, 9.17) is 0 Å². The van der Waals surface area contributed by atoms with Gasteiger partial charge in [0.05, 0.1) is 0 Å². The highest BCUT2D eigenvalue weighted by Crippen LogP contribution is 2.29. The van der Waals surface area contributed by atoms with Crippen LogP contribution in [0.2, 0.25) is 0 Å². The molecule has 0 aliphatic rings. The minimum Gasteiger partial charge on any atom is -0.506 e. The summed E-state index contributed by atoms with van der Waals surface area (Å²) in [5.74, 6) is -0.417. The number of benzene rings is 1. The second-order valence-corrected chi connectivity index (χ2v) is 5.28. The van der Waals surface area contributed by atoms with Crippen molar-refractivity contribution in [1.82, 2.24) is 4.57 Å². The van der Waals surface area contributed by atoms with Gasteiger partial charge in [-0.05, 0) is 25.5 Å². The predicted molar refractivity (Wildman–Crippen MR) is 89.0 cm³/mol. The maximum Gasteiger partial charge on any atom is 0.281 e. The summed E-state index contributed by atoms with van der Waals surface area (Å²) in [4.78, 5) is 12.6. The molecule has 0 saturated heterocycles. The zero-order chi connectivity index (χ0) is 17.7. The zero-order valence-corrected chi connectivity index (χ0v) is 13.5. The lowest BCUT2D eigenvalue weighted by Gasteiger charge is -2.12. The molecule has 2 rings (SSSR count). The van der Waals surface area contributed by atoms with Gasteiger partial charge in [0.15, 0.2) is 5.69 Å². The molecule has 2 N–H and O–H groups in total. The molecule has 0 aliphatic carbocycles. The van der Waals surface area contributed by atoms with Crippen LogP contribution in [0.1, 0.15) is 30.9 Å². The van der Waals surface area contributed by atoms with Gasteiger partial charge in [-0.25, -0.2) is 0 Å². The predicted octanol–water partition coefficient (Wildman–Crippen LogP) is 3.66. The molecule has 7 heteroatoms. The summed E-state index contributed by atoms with van der Waals surface area (Å²) < 4.78 is 1.13. The Morgan fingerprint density at radius 3 is 2.58 bits per heavy atom. The van der Waals surface area contributed by atoms with Crippen LogP contribution in [0.15, 0.2) is 39.3 Å². The van der Waals surface area contributed by atoms with E-state index in [1.165, 1.54) is 13.0 Å². The second-order valence-electron chi connectivity index (χ2n) is 5.28. The molecule has 0 atom stereocenters. The van der Waals surface area contributed by atoms with Crippen molar-refractivity contribution in [2.75, 3.05) is 0 Å². The summed E-state index contributed by atoms with van der Waals surface area (Å²) in [6.45, 7) is 3.78. The zero-order valence-electron chi connectivity index (χ0n) is 13.5. The van der Waals surface area contributed by atoms with E-state index in [0.29, 0.717) is 6.42 Å². The highest BCUT2D eigenvalue weighted by molar-refractivity contribution is 5.57. The topological polar surface area (TPSA) is 111 Å². The van der Waals surface area contributed by atoms with E-state index < -0.39 is 5.56 Å². The van der Waals surface area contributed by atoms with Crippen LogP contribution in [0, 0.1) is 18.3 Å². The first-order valence-corrected chi connectivity index (χ1v) is 7.57. The van der Waals surface area contributed by atoms with E-state index in [1.807, 2.05) is 13.0 Å². The second kappa shape index (κ2) is 7.42. The average molecular weight is 326 g/mol. The summed E-state index contributed by atoms with van der Waals surface area (Å²) in [6.07, 6.45) is 1.51. The minimum absolute atomic E-state index is 0.00284. The highest BCUT2D eigenvalue weighted by atomic mass is 16.3. The van der Waals surface area contributed by atoms with Crippen molar-refractivity contribution in [3.05, 3.63) is 45.7 Å². The molecule has 1 heterocycles. The Bertz CT molecular complexity index is 879. The third-order valence-electron chi connectivity index (χ3n) is 3.64. The van der Waals surface area contributed by atoms with Crippen LogP contribution in [0.4, 0.5) is 11.4 Å². The van der Waals surface area contributed by atoms with Crippen molar-refractivity contribution in [2.24, 2.45) is 10.2 Å². The number of aromatic hydroxyl groups is 2. The molecule has 0 saturated carbocycles. The SMILES string of the molecule is CCCCn1c(O)c(C#N)c(C)c(N=Nc2ccccc2O)c1=O. The summed E-state index contributed by atoms with van der Waals surface area (Å²) in [6, 6.07) is 8.23. The first kappa shape index (κ1) is 17.2. The number of hydrogen-bond acceptors (Lipinski definition) is 6. The van der Waals surface area contributed by atoms with E-state index in [9.17, 15) is 20.3 Å². The summed E-state index contributed by atoms with van der Waals surface area (Å²) in [5.41, 5.74) is -0.0767. The maximum absolute atomic E-state index is 12.6. The van der Waals surface area contributed by atoms with Crippen LogP contribution in [0.25, 0.3) is 0 Å². The third kappa shape index (κ3) is 3.27. The van der Waals surface area contributed by atoms with Gasteiger partial charge in [0.1, 0.15) is 23.1 Å². The van der Waals surface area contributed by atoms with Crippen LogP contribution < -0.4 is 5.56 Å². The van der Waals surface area contributed by atoms with Gasteiger partial charge >= 0.3 is 0 Å². The molecule has 0 radical (unpaired) electrons. The Hall–Kier alpha value is -3.14. The molecule has 1 aromatic carbocycles. The van der Waals surface area contributed by atoms with Gasteiger partial charge in [0, 0.05) is 12.1 Å². The number of aromatic nitrogens is 1. The number of hydrogen-bond donors (Lipinski definition) is 2. The molecule has 1 aromatic heterocycles. The summed E-state index contributed by atoms with van der Waals surface area (Å²) in [5, 5.41) is 36.9. The molecule has 0 bridgehead atoms. The number of phenolic OH excluding ortho intramolecular Hbond substituents is 1. The lowest BCUT2D eigenvalue weighted by Crippen LogP contribution is -2.22. The molecule has 0 aliphatic heterocycles. The Morgan fingerprint density at radius 1 is 1.25 bits per heavy atom. The molecule has 24 heavy (non-hydrogen) atoms. The molecule has 0 fully saturated rings. The van der Waals surface area contributed by atoms with E-state index in [2.05, 4.69) is 10.2 Å². The van der Waals surface area contributed by atoms with Crippen molar-refractivity contribution < 1.29 is 10.2 Å². The number of nitrogens with zero attached hydrogens (tertiary/aromatic N) is 4. The molecule has 124 valence electrons. The lowest BCUT2D eigenvalue weighted by molar-refractivity contribution is 0.399. The molecule has 0 amide bonds. The van der Waals surface area contributed by atoms with Gasteiger partial charge in [0.25, 0.3) is 5.56 Å². The third-order valence-corrected chi connectivity index (χ3v) is 3.64. The number of unbranched alkanes of at least 4 members (excludes halogenated alkanes) is 1. The van der Waals surface area contributed by atoms with Gasteiger partial charge in [-0.2, -0.15) is 5.26 Å². The van der Waals surface area contributed by atoms with E-state index >= 15 is 0 Å². The molecular formula is C17H18N4O3. The summed E-state index contributed by atoms with van der Waals surface area (Å²) >= 11 is 0. The summed E-state index contributed by atoms with van der Waals surface area (Å²) in [7, 11) is 0. The highest BCUT2D eigenvalue weighted by Gasteiger charge is 2.18. The van der Waals surface area contributed by atoms with Crippen LogP contribution in [-0.2, 0) is 6.54 Å². The Labute approximate surface area is 139 Å². The fraction of sp³-hybridized carbons (Fsp3) is 0.294. The van der Waals surface area contributed by atoms with Gasteiger partial charge in [-0.1, -0.05) is 25.5 Å². The normalized spacial score (nSPS) is 10.9. The van der Waals surface area contributed by atoms with Crippen molar-refractivity contribution >= 4 is 11.4 Å². The molecule has 2 aromatic rings. The lowest BCUT2D eigenvalue weighted by atomic mass is 10.1. The van der Waals surface area contributed by atoms with Crippen molar-refractivity contribution in [3.63, 3.8) is 0 Å². The van der Waals surface area contributed by atoms with Crippen LogP contribution >= 0.6 is 0 Å². The van der Waals surface area contributed by atoms with Gasteiger partial charge in [-0.15, -0.1) is 10.2 Å². The molecule has 0 spiro atoms. The fourth-order valence-corrected chi connectivity index (χ4v) is 2.23. The van der Waals surface area contributed by atoms with Crippen LogP contribution in [-0.4, -0.2) is 14.8 Å². The maximum atomic E-state index is 12.6. The standard InChI is InChI=1S/C17H18N4O3/c1-3-4-9-21-16(23)12(10-18)11(2)15(17(21)24)20-19-13-7-5-6-8-14(13)22/h5-8,22-23H,3-4,9H2,1-2H3. The fourth-order valence-electron chi connectivity index (χ4n) is 2.23. The van der Waals surface area contributed by atoms with Crippen molar-refractivity contribution in [3.8, 4) is 17.7 Å². The van der Waals surface area contributed by atoms with E-state index in [1.54, 1.807) is 18.2 Å². The van der Waals surface area contributed by atoms with Crippen molar-refractivity contribution in [1.29, 1.82) is 5.26 Å². The molecule has 0 unspecified atom stereocenters. The van der Waals surface area contributed by atoms with Crippen LogP contribution in [0.5, 0.6) is 11.6 Å². The van der Waals surface area contributed by atoms with Gasteiger partial charge in [-0.3, -0.25) is 9.36 Å². The van der Waals surface area contributed by atoms with Gasteiger partial charge < -0.3 is 10.2 Å². The largest absolute Gasteiger partial charge is 0.506 e. The number of rotatable bonds is 5. The van der Waals surface area contributed by atoms with Crippen LogP contribution in [0.3, 0.4) is 0 Å². The van der Waals surface area contributed by atoms with Gasteiger partial charge in [0.2, 0.25) is 5.88 Å². The first-order chi connectivity index (χ1) is 11.5. The van der Waals surface area contributed by atoms with Crippen molar-refractivity contribution in [2.45, 2.75) is 33.2 Å². The van der Waals surface area contributed by atoms with E-state index in [0.717, 1.165) is 11.0 Å². The number of phenols is 1. The quantitative estimate of drug-likeness (QED) is 0.817. The van der Waals surface area contributed by atoms with E-state index in [-0.39, 0.29) is 40.7 Å². The molecule has 7 nitrogen and oxygen atoms in total. The average Bonchev–Trinajstić information content (AvgIpc) is 2.56. The minimum atomic E-state index is -0.517. The Balaban J connectivity index is 2.59. The monoisotopic (exact) mass is 326 g/mol. The first-order valence-electron chi connectivity index (χ1n) is 7.57. The smallest absolute Gasteiger partial charge is 0.281 e. The number of azo groups is 1. The number of nitriles is 1. The Morgan fingerprint density at radius 2 is 1.96 bits per heavy atom. The Kier molecular flexibility index (Phi) is 5.32. The molecular weight excluding hydrogens is 308 g/mol. The number of para-hydroxylation sites is 1.